The molecular weight excluding hydrogens is 1560 g/mol. The average molecular weight is 1630 g/mol. The smallest absolute Gasteiger partial charge is 0.276 e. The number of nitrogens with two attached hydrogens (primary N) is 2. The molecule has 11 aliphatic rings. The molecule has 7 aromatic heterocycles. The molecule has 104 heavy (non-hydrogen) atoms. The molecule has 0 saturated carbocycles. The normalized spacial score (nSPS) is 27.6. The Morgan fingerprint density at radius 2 is 0.817 bits per heavy atom. The molecule has 548 valence electrons. The molecule has 30 nitrogen and oxygen atoms in total. The van der Waals surface area contributed by atoms with E-state index < -0.39 is 28.5 Å². The number of hydrogen-bond acceptors (Lipinski definition) is 22. The second kappa shape index (κ2) is 29.7. The maximum atomic E-state index is 13.3. The first-order chi connectivity index (χ1) is 49.6. The molecule has 8 fully saturated rings. The predicted molar refractivity (Wildman–Crippen MR) is 397 cm³/mol. The molecular formula is C68H75Br2Cl4N21O9. The van der Waals surface area contributed by atoms with Gasteiger partial charge in [-0.25, -0.2) is 29.9 Å². The zero-order valence-corrected chi connectivity index (χ0v) is 63.0. The van der Waals surface area contributed by atoms with Crippen LogP contribution in [-0.2, 0) is 21.8 Å². The van der Waals surface area contributed by atoms with Gasteiger partial charge >= 0.3 is 0 Å². The number of rotatable bonds is 5. The van der Waals surface area contributed by atoms with Gasteiger partial charge in [0.15, 0.2) is 0 Å². The standard InChI is InChI=1S/2C18H19ClN6O2.C14H15BrClN3O2.C8H13NO.C6H4BrClN2O2.C4H5N3/c2*1-24-10-2-3-11(24)8-18(7-10)23-16(26)15-12(19)6-13(17(27)25(15)18)22-14-4-5-20-9-21-14;1-18-7-2-3-8(18)6-14(5-7)17-12(20)11-10(16)4-9(15)13(21)19(11)14;1-9-6-2-3-7(9)5-8(10)4-6;7-2-1-3(8)4(5(9)11)10-6(2)12;5-4-1-2-6-3-7-4/h2*4-6,9-11H,2-3,7-8H2,1H3,(H,23,26)(H,20,21,22);4,7-8H,2-3,5-6H2,1H3,(H,17,20);6-7H,2-5H2,1H3;1H,(H2,9,11)(H,10,12);1-3H,(H2,5,6,7). The van der Waals surface area contributed by atoms with Crippen molar-refractivity contribution in [3.05, 3.63) is 173 Å². The number of nitrogen functional groups attached to an aromatic ring is 1. The molecule has 3 spiro atoms. The number of H-pyrrole nitrogens is 1. The van der Waals surface area contributed by atoms with Crippen molar-refractivity contribution in [2.75, 3.05) is 44.6 Å². The van der Waals surface area contributed by atoms with Crippen LogP contribution in [0, 0.1) is 0 Å². The van der Waals surface area contributed by atoms with E-state index in [1.165, 1.54) is 56.1 Å². The van der Waals surface area contributed by atoms with Crippen LogP contribution < -0.4 is 60.3 Å². The van der Waals surface area contributed by atoms with Gasteiger partial charge in [0.05, 0.1) is 29.0 Å². The van der Waals surface area contributed by atoms with Crippen molar-refractivity contribution in [3.63, 3.8) is 0 Å². The zero-order valence-electron chi connectivity index (χ0n) is 56.8. The summed E-state index contributed by atoms with van der Waals surface area (Å²) in [6, 6.07) is 14.2. The number of primary amides is 1. The van der Waals surface area contributed by atoms with E-state index in [2.05, 4.69) is 141 Å². The van der Waals surface area contributed by atoms with Crippen molar-refractivity contribution in [2.24, 2.45) is 5.73 Å². The zero-order chi connectivity index (χ0) is 74.0. The number of anilines is 5. The summed E-state index contributed by atoms with van der Waals surface area (Å²) in [6.07, 6.45) is 24.0. The van der Waals surface area contributed by atoms with Crippen LogP contribution in [0.3, 0.4) is 0 Å². The topological polar surface area (TPSA) is 387 Å². The number of fused-ring (bicyclic) bond motifs is 14. The number of nitrogens with zero attached hydrogens (tertiary/aromatic N) is 13. The van der Waals surface area contributed by atoms with Gasteiger partial charge in [-0.2, -0.15) is 0 Å². The van der Waals surface area contributed by atoms with Crippen LogP contribution in [0.5, 0.6) is 0 Å². The van der Waals surface area contributed by atoms with E-state index in [0.717, 1.165) is 64.2 Å². The lowest BCUT2D eigenvalue weighted by molar-refractivity contribution is -0.123. The molecule has 18 rings (SSSR count). The Morgan fingerprint density at radius 3 is 1.15 bits per heavy atom. The fourth-order valence-corrected chi connectivity index (χ4v) is 19.2. The van der Waals surface area contributed by atoms with Gasteiger partial charge in [0.25, 0.3) is 45.9 Å². The highest BCUT2D eigenvalue weighted by Crippen LogP contribution is 2.49. The lowest BCUT2D eigenvalue weighted by Crippen LogP contribution is -2.57. The summed E-state index contributed by atoms with van der Waals surface area (Å²) in [5, 5.41) is 16.2. The molecule has 8 atom stereocenters. The highest BCUT2D eigenvalue weighted by molar-refractivity contribution is 9.10. The molecule has 4 amide bonds. The molecule has 8 saturated heterocycles. The Labute approximate surface area is 632 Å². The van der Waals surface area contributed by atoms with Crippen LogP contribution in [-0.4, -0.2) is 174 Å². The Balaban J connectivity index is 0.000000117. The van der Waals surface area contributed by atoms with Gasteiger partial charge in [0.1, 0.15) is 93.4 Å². The van der Waals surface area contributed by atoms with E-state index in [0.29, 0.717) is 124 Å². The molecule has 0 aromatic carbocycles. The first kappa shape index (κ1) is 74.2. The Hall–Kier alpha value is -8.05. The highest BCUT2D eigenvalue weighted by atomic mass is 79.9. The minimum absolute atomic E-state index is 0.0788. The summed E-state index contributed by atoms with van der Waals surface area (Å²) in [5.41, 5.74) is 8.24. The van der Waals surface area contributed by atoms with Crippen molar-refractivity contribution in [1.29, 1.82) is 0 Å². The molecule has 0 aliphatic carbocycles. The minimum atomic E-state index is -0.760. The summed E-state index contributed by atoms with van der Waals surface area (Å²) in [7, 11) is 8.52. The van der Waals surface area contributed by atoms with Crippen molar-refractivity contribution in [3.8, 4) is 0 Å². The van der Waals surface area contributed by atoms with Gasteiger partial charge in [-0.3, -0.25) is 61.8 Å². The second-order valence-corrected chi connectivity index (χ2v) is 31.4. The lowest BCUT2D eigenvalue weighted by atomic mass is 9.91. The van der Waals surface area contributed by atoms with Crippen LogP contribution >= 0.6 is 78.3 Å². The summed E-state index contributed by atoms with van der Waals surface area (Å²) in [5.74, 6) is 0.407. The number of carbonyl (C=O) groups excluding carboxylic acids is 5. The molecule has 8 unspecified atom stereocenters. The number of carbonyl (C=O) groups is 5. The Morgan fingerprint density at radius 1 is 0.481 bits per heavy atom. The van der Waals surface area contributed by atoms with Gasteiger partial charge in [0, 0.05) is 118 Å². The van der Waals surface area contributed by atoms with Crippen molar-refractivity contribution in [1.82, 2.24) is 84.1 Å². The Kier molecular flexibility index (Phi) is 21.2. The van der Waals surface area contributed by atoms with Crippen LogP contribution in [0.2, 0.25) is 20.1 Å². The molecule has 8 bridgehead atoms. The van der Waals surface area contributed by atoms with E-state index in [-0.39, 0.29) is 71.0 Å². The maximum Gasteiger partial charge on any atom is 0.276 e. The van der Waals surface area contributed by atoms with Crippen molar-refractivity contribution in [2.45, 2.75) is 168 Å². The van der Waals surface area contributed by atoms with Gasteiger partial charge in [0.2, 0.25) is 0 Å². The van der Waals surface area contributed by atoms with Gasteiger partial charge in [-0.1, -0.05) is 46.4 Å². The third-order valence-electron chi connectivity index (χ3n) is 22.2. The summed E-state index contributed by atoms with van der Waals surface area (Å²) in [4.78, 5) is 145. The molecule has 7 aromatic rings. The van der Waals surface area contributed by atoms with Gasteiger partial charge in [-0.15, -0.1) is 0 Å². The predicted octanol–water partition coefficient (Wildman–Crippen LogP) is 7.05. The van der Waals surface area contributed by atoms with Crippen LogP contribution in [0.15, 0.2) is 108 Å². The Bertz CT molecular complexity index is 4590. The number of aromatic nitrogens is 10. The number of halogens is 6. The molecule has 10 N–H and O–H groups in total. The molecule has 0 radical (unpaired) electrons. The number of nitrogens with one attached hydrogen (secondary N) is 6. The van der Waals surface area contributed by atoms with E-state index in [9.17, 15) is 43.2 Å². The van der Waals surface area contributed by atoms with Gasteiger partial charge in [-0.05, 0) is 154 Å². The van der Waals surface area contributed by atoms with E-state index in [1.807, 2.05) is 0 Å². The maximum absolute atomic E-state index is 13.3. The van der Waals surface area contributed by atoms with Crippen LogP contribution in [0.1, 0.15) is 145 Å². The lowest BCUT2D eigenvalue weighted by Gasteiger charge is -2.43. The number of hydrogen-bond donors (Lipinski definition) is 8. The van der Waals surface area contributed by atoms with E-state index in [4.69, 9.17) is 57.9 Å². The second-order valence-electron chi connectivity index (χ2n) is 28.1. The highest BCUT2D eigenvalue weighted by Gasteiger charge is 2.57. The van der Waals surface area contributed by atoms with Gasteiger partial charge < -0.3 is 57.7 Å². The first-order valence-electron chi connectivity index (χ1n) is 33.9. The molecule has 11 aliphatic heterocycles. The first-order valence-corrected chi connectivity index (χ1v) is 37.0. The number of piperidine rings is 4. The van der Waals surface area contributed by atoms with Crippen LogP contribution in [0.4, 0.5) is 28.8 Å². The number of amides is 4. The van der Waals surface area contributed by atoms with E-state index in [1.54, 1.807) is 50.5 Å². The summed E-state index contributed by atoms with van der Waals surface area (Å²) >= 11 is 30.9. The number of pyridine rings is 4. The fraction of sp³-hybridized carbons (Fsp3) is 0.456. The third kappa shape index (κ3) is 14.2. The van der Waals surface area contributed by atoms with Crippen molar-refractivity contribution < 1.29 is 24.0 Å². The molecule has 36 heteroatoms. The molecule has 18 heterocycles. The minimum Gasteiger partial charge on any atom is -0.384 e. The quantitative estimate of drug-likeness (QED) is 0.0855. The number of Topliss-reactive ketones (excluding diaryl/α,β-unsaturated/α-hetero) is 1. The van der Waals surface area contributed by atoms with E-state index >= 15 is 0 Å². The van der Waals surface area contributed by atoms with Crippen LogP contribution in [0.25, 0.3) is 0 Å². The monoisotopic (exact) mass is 1630 g/mol. The largest absolute Gasteiger partial charge is 0.384 e. The summed E-state index contributed by atoms with van der Waals surface area (Å²) < 4.78 is 5.43. The third-order valence-corrected chi connectivity index (χ3v) is 24.5. The SMILES string of the molecule is CN1C2CCC1CC(=O)C2.CN1C2CCC1CC1(C2)NC(=O)c2c(Cl)cc(Br)c(=O)n21.CN1C2CCC1CC1(C2)NC(=O)c2c(Cl)cc(Nc3ccncn3)c(=O)n21.CN1C2CCC1CC1(C2)NC(=O)c2c(Cl)cc(Nc3ccncn3)c(=O)n21.NC(=O)c1[nH]c(=O)c(Br)cc1Cl.Nc1ccncn1. The fourth-order valence-electron chi connectivity index (χ4n) is 17.1. The summed E-state index contributed by atoms with van der Waals surface area (Å²) in [6.45, 7) is 0. The number of ketones is 1. The van der Waals surface area contributed by atoms with Crippen molar-refractivity contribution >= 4 is 137 Å². The number of aromatic amines is 1. The average Bonchev–Trinajstić information content (AvgIpc) is 1.57.